The smallest absolute Gasteiger partial charge is 0.394 e. The van der Waals surface area contributed by atoms with Gasteiger partial charge in [-0.25, -0.2) is 17.6 Å². The van der Waals surface area contributed by atoms with Crippen LogP contribution in [0.1, 0.15) is 259 Å². The van der Waals surface area contributed by atoms with Gasteiger partial charge in [0.2, 0.25) is 6.43 Å². The lowest BCUT2D eigenvalue weighted by molar-refractivity contribution is -0.242. The molecule has 1 heterocycles. The first kappa shape index (κ1) is 70.7. The molecule has 11 rings (SSSR count). The summed E-state index contributed by atoms with van der Waals surface area (Å²) in [6, 6.07) is 0. The van der Waals surface area contributed by atoms with Crippen molar-refractivity contribution in [2.45, 2.75) is 284 Å². The Bertz CT molecular complexity index is 1560. The molecule has 1 saturated heterocycles. The number of ether oxygens (including phenoxy) is 2. The van der Waals surface area contributed by atoms with Crippen molar-refractivity contribution in [2.75, 3.05) is 26.5 Å². The number of esters is 1. The molecular weight excluding hydrogens is 978 g/mol. The maximum Gasteiger partial charge on any atom is 0.394 e. The van der Waals surface area contributed by atoms with Gasteiger partial charge in [0.1, 0.15) is 0 Å². The van der Waals surface area contributed by atoms with Crippen LogP contribution >= 0.6 is 0 Å². The number of rotatable bonds is 5. The summed E-state index contributed by atoms with van der Waals surface area (Å²) < 4.78 is 139. The molecule has 0 spiro atoms. The number of carbonyl (C=O) groups excluding carboxylic acids is 1. The fourth-order valence-electron chi connectivity index (χ4n) is 6.09. The van der Waals surface area contributed by atoms with E-state index in [1.165, 1.54) is 91.4 Å². The zero-order valence-electron chi connectivity index (χ0n) is 49.8. The van der Waals surface area contributed by atoms with Gasteiger partial charge in [-0.3, -0.25) is 9.18 Å². The van der Waals surface area contributed by atoms with Crippen molar-refractivity contribution in [3.05, 3.63) is 0 Å². The third-order valence-corrected chi connectivity index (χ3v) is 17.5. The zero-order valence-corrected chi connectivity index (χ0v) is 49.8. The fourth-order valence-corrected chi connectivity index (χ4v) is 6.09. The Morgan fingerprint density at radius 1 is 0.554 bits per heavy atom. The Morgan fingerprint density at radius 2 is 0.851 bits per heavy atom. The highest BCUT2D eigenvalue weighted by molar-refractivity contribution is 5.65. The second-order valence-corrected chi connectivity index (χ2v) is 29.4. The minimum absolute atomic E-state index is 0.0694. The number of halogens is 11. The van der Waals surface area contributed by atoms with Crippen molar-refractivity contribution >= 4 is 5.97 Å². The molecule has 0 aromatic heterocycles. The number of hydrogen-bond donors (Lipinski definition) is 0. The van der Waals surface area contributed by atoms with Crippen LogP contribution in [0, 0.1) is 66.0 Å². The Hall–Kier alpha value is -1.34. The van der Waals surface area contributed by atoms with Crippen molar-refractivity contribution in [2.24, 2.45) is 66.0 Å². The Morgan fingerprint density at radius 3 is 0.892 bits per heavy atom. The van der Waals surface area contributed by atoms with Crippen LogP contribution in [0.3, 0.4) is 0 Å². The molecular formula is C60H107F11O3. The fraction of sp³-hybridized carbons (Fsp3) is 0.983. The van der Waals surface area contributed by atoms with E-state index in [4.69, 9.17) is 9.47 Å². The van der Waals surface area contributed by atoms with Crippen LogP contribution in [0.4, 0.5) is 48.3 Å². The standard InChI is InChI=1S/C7H12O2.C6H9F3.2C6H12.C5H7F3.2C5H8F2.C5H9F.C5H10O.2C5H10/c1-6(8)9-5-7(2)3-4-7;1-5(3-2-4-5)6(7,8)9;1-6(2)4-3-5-6;1-3-6(2)4-5-6;1-4(2-3-4)5(6,7)8;1-4(2)3-5(4,6)7;1-5(2-3-5)4(6)7;1-5(4-6)2-3-5;1-5(2)3-6-4-5;1-5(2)3-4-5;1-4-3-5(4)2/h3-5H2,1-2H3;2-4H2,1H3;2*3-5H2,1-2H3;2-3H2,1H3;3H2,1-2H3;4H,2-3H2,1H3;2-4H2,1H3;3-4H2,1-2H3;3-4H2,1-2H3;4-5H,3H2,1-2H3. The van der Waals surface area contributed by atoms with Crippen LogP contribution in [-0.2, 0) is 14.3 Å². The second kappa shape index (κ2) is 26.7. The van der Waals surface area contributed by atoms with Crippen LogP contribution in [-0.4, -0.2) is 57.2 Å². The van der Waals surface area contributed by atoms with E-state index in [9.17, 15) is 53.1 Å². The molecule has 0 aromatic carbocycles. The molecule has 14 heteroatoms. The normalized spacial score (nSPS) is 28.4. The highest BCUT2D eigenvalue weighted by Crippen LogP contribution is 2.60. The molecule has 0 bridgehead atoms. The van der Waals surface area contributed by atoms with E-state index < -0.39 is 46.4 Å². The first-order chi connectivity index (χ1) is 33.1. The summed E-state index contributed by atoms with van der Waals surface area (Å²) in [5, 5.41) is 0. The molecule has 2 unspecified atom stereocenters. The minimum Gasteiger partial charge on any atom is -0.465 e. The molecule has 442 valence electrons. The van der Waals surface area contributed by atoms with E-state index in [0.717, 1.165) is 60.6 Å². The first-order valence-corrected chi connectivity index (χ1v) is 28.2. The van der Waals surface area contributed by atoms with Gasteiger partial charge in [0.05, 0.1) is 37.3 Å². The quantitative estimate of drug-likeness (QED) is 0.203. The van der Waals surface area contributed by atoms with Gasteiger partial charge in [0.15, 0.2) is 0 Å². The first-order valence-electron chi connectivity index (χ1n) is 28.2. The van der Waals surface area contributed by atoms with E-state index >= 15 is 0 Å². The summed E-state index contributed by atoms with van der Waals surface area (Å²) in [6.45, 7) is 38.2. The average Bonchev–Trinajstić information content (AvgIpc) is 4.05. The summed E-state index contributed by atoms with van der Waals surface area (Å²) in [4.78, 5) is 10.3. The molecule has 0 radical (unpaired) electrons. The van der Waals surface area contributed by atoms with Gasteiger partial charge in [0.25, 0.3) is 5.92 Å². The summed E-state index contributed by atoms with van der Waals surface area (Å²) in [5.41, 5.74) is -0.696. The third kappa shape index (κ3) is 29.6. The molecule has 0 N–H and O–H groups in total. The Balaban J connectivity index is 0.000000409. The van der Waals surface area contributed by atoms with Crippen LogP contribution in [0.5, 0.6) is 0 Å². The van der Waals surface area contributed by atoms with Gasteiger partial charge >= 0.3 is 18.3 Å². The van der Waals surface area contributed by atoms with Crippen LogP contribution < -0.4 is 0 Å². The maximum absolute atomic E-state index is 11.9. The molecule has 10 aliphatic carbocycles. The molecule has 0 amide bonds. The lowest BCUT2D eigenvalue weighted by Gasteiger charge is -2.39. The lowest BCUT2D eigenvalue weighted by atomic mass is 9.70. The molecule has 74 heavy (non-hydrogen) atoms. The topological polar surface area (TPSA) is 35.5 Å². The van der Waals surface area contributed by atoms with E-state index in [-0.39, 0.29) is 24.5 Å². The largest absolute Gasteiger partial charge is 0.465 e. The van der Waals surface area contributed by atoms with Crippen LogP contribution in [0.15, 0.2) is 0 Å². The monoisotopic (exact) mass is 1080 g/mol. The summed E-state index contributed by atoms with van der Waals surface area (Å²) in [5.74, 6) is -0.416. The van der Waals surface area contributed by atoms with Crippen molar-refractivity contribution in [3.63, 3.8) is 0 Å². The van der Waals surface area contributed by atoms with Crippen molar-refractivity contribution in [3.8, 4) is 0 Å². The van der Waals surface area contributed by atoms with Gasteiger partial charge in [-0.1, -0.05) is 137 Å². The van der Waals surface area contributed by atoms with E-state index in [1.54, 1.807) is 20.8 Å². The summed E-state index contributed by atoms with van der Waals surface area (Å²) in [6.07, 6.45) is 11.2. The van der Waals surface area contributed by atoms with Crippen molar-refractivity contribution in [1.29, 1.82) is 0 Å². The number of alkyl halides is 11. The highest BCUT2D eigenvalue weighted by atomic mass is 19.4. The van der Waals surface area contributed by atoms with Gasteiger partial charge in [-0.05, 0) is 143 Å². The van der Waals surface area contributed by atoms with E-state index in [2.05, 4.69) is 76.2 Å². The average molecular weight is 1090 g/mol. The highest BCUT2D eigenvalue weighted by Gasteiger charge is 2.64. The predicted molar refractivity (Wildman–Crippen MR) is 281 cm³/mol. The van der Waals surface area contributed by atoms with Gasteiger partial charge in [-0.2, -0.15) is 26.3 Å². The molecule has 10 saturated carbocycles. The van der Waals surface area contributed by atoms with Gasteiger partial charge in [0, 0.05) is 35.0 Å². The molecule has 3 nitrogen and oxygen atoms in total. The van der Waals surface area contributed by atoms with E-state index in [1.807, 2.05) is 6.92 Å². The van der Waals surface area contributed by atoms with Gasteiger partial charge in [-0.15, -0.1) is 0 Å². The second-order valence-electron chi connectivity index (χ2n) is 29.4. The van der Waals surface area contributed by atoms with E-state index in [0.29, 0.717) is 56.0 Å². The van der Waals surface area contributed by atoms with Crippen LogP contribution in [0.25, 0.3) is 0 Å². The molecule has 11 fully saturated rings. The lowest BCUT2D eigenvalue weighted by Crippen LogP contribution is -2.40. The summed E-state index contributed by atoms with van der Waals surface area (Å²) >= 11 is 0. The number of hydrogen-bond acceptors (Lipinski definition) is 3. The SMILES string of the molecule is CC(=O)OCC1(C)CC1.CC1(C(F)(F)F)CC1.CC1(C(F)(F)F)CCC1.CC1(C(F)F)CC1.CC1(C)CC1.CC1(C)CC1(F)F.CC1(C)CCC1.CC1(C)COC1.CC1(CF)CC1.CC1CC1C.CCC1(C)CC1. The summed E-state index contributed by atoms with van der Waals surface area (Å²) in [7, 11) is 0. The van der Waals surface area contributed by atoms with Crippen molar-refractivity contribution in [1.82, 2.24) is 0 Å². The third-order valence-electron chi connectivity index (χ3n) is 17.5. The molecule has 0 aromatic rings. The number of carbonyl (C=O) groups is 1. The Labute approximate surface area is 443 Å². The zero-order chi connectivity index (χ0) is 57.9. The minimum atomic E-state index is -3.97. The Kier molecular flexibility index (Phi) is 25.5. The maximum atomic E-state index is 11.9. The van der Waals surface area contributed by atoms with Crippen molar-refractivity contribution < 1.29 is 62.6 Å². The molecule has 1 aliphatic heterocycles. The van der Waals surface area contributed by atoms with Crippen LogP contribution in [0.2, 0.25) is 0 Å². The molecule has 2 atom stereocenters. The predicted octanol–water partition coefficient (Wildman–Crippen LogP) is 21.2. The molecule has 11 aliphatic rings. The van der Waals surface area contributed by atoms with Gasteiger partial charge < -0.3 is 9.47 Å².